The minimum atomic E-state index is 0.0629. The van der Waals surface area contributed by atoms with Crippen LogP contribution < -0.4 is 5.32 Å². The van der Waals surface area contributed by atoms with Crippen molar-refractivity contribution in [3.05, 3.63) is 34.3 Å². The second kappa shape index (κ2) is 5.77. The molecule has 0 spiro atoms. The number of nitrogens with one attached hydrogen (secondary N) is 1. The molecule has 0 aromatic heterocycles. The summed E-state index contributed by atoms with van der Waals surface area (Å²) in [4.78, 5) is 0. The van der Waals surface area contributed by atoms with Gasteiger partial charge in [0.15, 0.2) is 0 Å². The van der Waals surface area contributed by atoms with E-state index in [0.29, 0.717) is 6.04 Å². The molecule has 1 aromatic rings. The topological polar surface area (TPSA) is 12.0 Å². The zero-order valence-electron chi connectivity index (χ0n) is 10.5. The van der Waals surface area contributed by atoms with E-state index in [1.165, 1.54) is 29.9 Å². The smallest absolute Gasteiger partial charge is 0.0379 e. The third-order valence-electron chi connectivity index (χ3n) is 3.35. The molecule has 1 aromatic carbocycles. The summed E-state index contributed by atoms with van der Waals surface area (Å²) in [5.41, 5.74) is 1.42. The SMILES string of the molecule is CC(C)(NC1CCSCC1)c1ccc(Br)cc1. The maximum atomic E-state index is 3.80. The fraction of sp³-hybridized carbons (Fsp3) is 0.571. The predicted octanol–water partition coefficient (Wildman–Crippen LogP) is 4.17. The lowest BCUT2D eigenvalue weighted by Crippen LogP contribution is -2.45. The molecule has 0 aliphatic carbocycles. The van der Waals surface area contributed by atoms with Crippen molar-refractivity contribution < 1.29 is 0 Å². The first-order valence-corrected chi connectivity index (χ1v) is 8.14. The van der Waals surface area contributed by atoms with Crippen molar-refractivity contribution in [3.8, 4) is 0 Å². The molecule has 0 unspecified atom stereocenters. The highest BCUT2D eigenvalue weighted by Gasteiger charge is 2.25. The molecule has 1 fully saturated rings. The normalized spacial score (nSPS) is 18.3. The van der Waals surface area contributed by atoms with Crippen LogP contribution >= 0.6 is 27.7 Å². The van der Waals surface area contributed by atoms with Gasteiger partial charge in [-0.05, 0) is 55.9 Å². The average molecular weight is 314 g/mol. The molecule has 1 nitrogen and oxygen atoms in total. The van der Waals surface area contributed by atoms with Crippen LogP contribution in [0.1, 0.15) is 32.3 Å². The Balaban J connectivity index is 2.04. The van der Waals surface area contributed by atoms with Gasteiger partial charge < -0.3 is 5.32 Å². The van der Waals surface area contributed by atoms with Gasteiger partial charge in [0.05, 0.1) is 0 Å². The molecule has 0 amide bonds. The van der Waals surface area contributed by atoms with Crippen molar-refractivity contribution in [2.75, 3.05) is 11.5 Å². The van der Waals surface area contributed by atoms with Gasteiger partial charge >= 0.3 is 0 Å². The van der Waals surface area contributed by atoms with E-state index in [2.05, 4.69) is 71.1 Å². The Bertz CT molecular complexity index is 355. The predicted molar refractivity (Wildman–Crippen MR) is 80.7 cm³/mol. The minimum Gasteiger partial charge on any atom is -0.305 e. The van der Waals surface area contributed by atoms with Crippen LogP contribution in [0.3, 0.4) is 0 Å². The van der Waals surface area contributed by atoms with Crippen molar-refractivity contribution in [3.63, 3.8) is 0 Å². The van der Waals surface area contributed by atoms with Crippen LogP contribution in [-0.2, 0) is 5.54 Å². The molecule has 0 bridgehead atoms. The van der Waals surface area contributed by atoms with Gasteiger partial charge in [0.1, 0.15) is 0 Å². The van der Waals surface area contributed by atoms with Gasteiger partial charge in [-0.2, -0.15) is 11.8 Å². The lowest BCUT2D eigenvalue weighted by atomic mass is 9.92. The van der Waals surface area contributed by atoms with E-state index in [4.69, 9.17) is 0 Å². The maximum absolute atomic E-state index is 3.80. The molecule has 1 N–H and O–H groups in total. The van der Waals surface area contributed by atoms with Crippen LogP contribution in [0.15, 0.2) is 28.7 Å². The van der Waals surface area contributed by atoms with Crippen LogP contribution in [0.4, 0.5) is 0 Å². The molecule has 1 aliphatic rings. The molecule has 0 saturated carbocycles. The lowest BCUT2D eigenvalue weighted by molar-refractivity contribution is 0.327. The van der Waals surface area contributed by atoms with Crippen molar-refractivity contribution in [1.29, 1.82) is 0 Å². The number of rotatable bonds is 3. The molecule has 1 aliphatic heterocycles. The number of thioether (sulfide) groups is 1. The largest absolute Gasteiger partial charge is 0.305 e. The van der Waals surface area contributed by atoms with Crippen molar-refractivity contribution in [2.24, 2.45) is 0 Å². The highest BCUT2D eigenvalue weighted by molar-refractivity contribution is 9.10. The molecule has 0 radical (unpaired) electrons. The van der Waals surface area contributed by atoms with E-state index >= 15 is 0 Å². The number of halogens is 1. The summed E-state index contributed by atoms with van der Waals surface area (Å²) in [6.07, 6.45) is 2.59. The maximum Gasteiger partial charge on any atom is 0.0379 e. The standard InChI is InChI=1S/C14H20BrNS/c1-14(2,11-3-5-12(15)6-4-11)16-13-7-9-17-10-8-13/h3-6,13,16H,7-10H2,1-2H3. The molecule has 2 rings (SSSR count). The van der Waals surface area contributed by atoms with Gasteiger partial charge in [0, 0.05) is 16.1 Å². The minimum absolute atomic E-state index is 0.0629. The monoisotopic (exact) mass is 313 g/mol. The molecule has 94 valence electrons. The van der Waals surface area contributed by atoms with E-state index in [-0.39, 0.29) is 5.54 Å². The summed E-state index contributed by atoms with van der Waals surface area (Å²) in [6, 6.07) is 9.32. The van der Waals surface area contributed by atoms with Crippen LogP contribution in [0.2, 0.25) is 0 Å². The Hall–Kier alpha value is 0.01000. The summed E-state index contributed by atoms with van der Waals surface area (Å²) >= 11 is 5.56. The number of benzene rings is 1. The molecule has 0 atom stereocenters. The number of hydrogen-bond acceptors (Lipinski definition) is 2. The summed E-state index contributed by atoms with van der Waals surface area (Å²) < 4.78 is 1.14. The summed E-state index contributed by atoms with van der Waals surface area (Å²) in [7, 11) is 0. The quantitative estimate of drug-likeness (QED) is 0.899. The molecule has 3 heteroatoms. The highest BCUT2D eigenvalue weighted by Crippen LogP contribution is 2.26. The van der Waals surface area contributed by atoms with Crippen molar-refractivity contribution in [1.82, 2.24) is 5.32 Å². The first kappa shape index (κ1) is 13.4. The van der Waals surface area contributed by atoms with Gasteiger partial charge in [0.2, 0.25) is 0 Å². The van der Waals surface area contributed by atoms with E-state index in [9.17, 15) is 0 Å². The Morgan fingerprint density at radius 2 is 1.76 bits per heavy atom. The first-order valence-electron chi connectivity index (χ1n) is 6.19. The molecule has 17 heavy (non-hydrogen) atoms. The Morgan fingerprint density at radius 3 is 2.35 bits per heavy atom. The van der Waals surface area contributed by atoms with Crippen molar-refractivity contribution in [2.45, 2.75) is 38.3 Å². The average Bonchev–Trinajstić information content (AvgIpc) is 2.30. The Morgan fingerprint density at radius 1 is 1.18 bits per heavy atom. The van der Waals surface area contributed by atoms with Gasteiger partial charge in [-0.3, -0.25) is 0 Å². The fourth-order valence-corrected chi connectivity index (χ4v) is 3.67. The Labute approximate surface area is 117 Å². The van der Waals surface area contributed by atoms with Crippen LogP contribution in [-0.4, -0.2) is 17.5 Å². The highest BCUT2D eigenvalue weighted by atomic mass is 79.9. The fourth-order valence-electron chi connectivity index (χ4n) is 2.30. The zero-order chi connectivity index (χ0) is 12.3. The van der Waals surface area contributed by atoms with Gasteiger partial charge in [0.25, 0.3) is 0 Å². The second-order valence-corrected chi connectivity index (χ2v) is 7.30. The molecule has 1 heterocycles. The van der Waals surface area contributed by atoms with Gasteiger partial charge in [-0.25, -0.2) is 0 Å². The van der Waals surface area contributed by atoms with E-state index < -0.39 is 0 Å². The third kappa shape index (κ3) is 3.73. The van der Waals surface area contributed by atoms with Crippen LogP contribution in [0, 0.1) is 0 Å². The van der Waals surface area contributed by atoms with Gasteiger partial charge in [-0.15, -0.1) is 0 Å². The summed E-state index contributed by atoms with van der Waals surface area (Å²) in [5.74, 6) is 2.60. The summed E-state index contributed by atoms with van der Waals surface area (Å²) in [5, 5.41) is 3.80. The third-order valence-corrected chi connectivity index (χ3v) is 4.93. The molecular weight excluding hydrogens is 294 g/mol. The van der Waals surface area contributed by atoms with E-state index in [1.807, 2.05) is 0 Å². The van der Waals surface area contributed by atoms with E-state index in [1.54, 1.807) is 0 Å². The summed E-state index contributed by atoms with van der Waals surface area (Å²) in [6.45, 7) is 4.55. The second-order valence-electron chi connectivity index (χ2n) is 5.16. The first-order chi connectivity index (χ1) is 8.08. The molecular formula is C14H20BrNS. The molecule has 1 saturated heterocycles. The van der Waals surface area contributed by atoms with Crippen LogP contribution in [0.25, 0.3) is 0 Å². The van der Waals surface area contributed by atoms with E-state index in [0.717, 1.165) is 4.47 Å². The van der Waals surface area contributed by atoms with Crippen molar-refractivity contribution >= 4 is 27.7 Å². The van der Waals surface area contributed by atoms with Gasteiger partial charge in [-0.1, -0.05) is 28.1 Å². The number of hydrogen-bond donors (Lipinski definition) is 1. The van der Waals surface area contributed by atoms with Crippen LogP contribution in [0.5, 0.6) is 0 Å². The lowest BCUT2D eigenvalue weighted by Gasteiger charge is -2.34. The Kier molecular flexibility index (Phi) is 4.56. The zero-order valence-corrected chi connectivity index (χ0v) is 12.9.